The molecule has 0 saturated carbocycles. The molecule has 1 saturated heterocycles. The van der Waals surface area contributed by atoms with Crippen molar-refractivity contribution in [1.82, 2.24) is 9.29 Å². The molecule has 0 aliphatic carbocycles. The molecule has 2 aromatic carbocycles. The number of carbonyl (C=O) groups is 1. The number of nitrogens with zero attached hydrogens (tertiary/aromatic N) is 2. The zero-order chi connectivity index (χ0) is 26.7. The molecule has 1 fully saturated rings. The van der Waals surface area contributed by atoms with Crippen molar-refractivity contribution in [3.63, 3.8) is 0 Å². The molecule has 2 atom stereocenters. The molecular weight excluding hydrogens is 519 g/mol. The first kappa shape index (κ1) is 26.7. The molecule has 196 valence electrons. The van der Waals surface area contributed by atoms with Crippen molar-refractivity contribution in [2.45, 2.75) is 43.0 Å². The van der Waals surface area contributed by atoms with Crippen LogP contribution < -0.4 is 4.74 Å². The van der Waals surface area contributed by atoms with E-state index in [9.17, 15) is 35.2 Å². The number of halogens is 5. The Bertz CT molecular complexity index is 1370. The second-order valence-electron chi connectivity index (χ2n) is 8.46. The summed E-state index contributed by atoms with van der Waals surface area (Å²) in [6, 6.07) is 9.40. The van der Waals surface area contributed by atoms with Gasteiger partial charge in [-0.15, -0.1) is 0 Å². The molecule has 0 spiro atoms. The summed E-state index contributed by atoms with van der Waals surface area (Å²) in [4.78, 5) is 16.5. The van der Waals surface area contributed by atoms with E-state index < -0.39 is 52.8 Å². The lowest BCUT2D eigenvalue weighted by atomic mass is 9.99. The van der Waals surface area contributed by atoms with E-state index in [1.807, 2.05) is 0 Å². The average molecular weight is 541 g/mol. The van der Waals surface area contributed by atoms with Crippen LogP contribution in [-0.4, -0.2) is 48.9 Å². The number of aromatic nitrogens is 1. The van der Waals surface area contributed by atoms with Gasteiger partial charge in [-0.25, -0.2) is 26.6 Å². The Morgan fingerprint density at radius 2 is 1.76 bits per heavy atom. The van der Waals surface area contributed by atoms with Gasteiger partial charge in [0.1, 0.15) is 17.8 Å². The summed E-state index contributed by atoms with van der Waals surface area (Å²) >= 11 is 0. The Hall–Kier alpha value is -3.38. The summed E-state index contributed by atoms with van der Waals surface area (Å²) in [5.74, 6) is -2.09. The number of alkyl halides is 3. The van der Waals surface area contributed by atoms with Gasteiger partial charge in [0.2, 0.25) is 15.9 Å². The molecule has 3 aromatic rings. The molecule has 0 N–H and O–H groups in total. The minimum atomic E-state index is -4.24. The van der Waals surface area contributed by atoms with Gasteiger partial charge in [-0.1, -0.05) is 6.07 Å². The minimum Gasteiger partial charge on any atom is -0.417 e. The van der Waals surface area contributed by atoms with Crippen LogP contribution in [0.25, 0.3) is 11.1 Å². The highest BCUT2D eigenvalue weighted by Crippen LogP contribution is 2.30. The van der Waals surface area contributed by atoms with E-state index in [0.717, 1.165) is 28.6 Å². The molecule has 1 aliphatic rings. The molecule has 6 nitrogen and oxygen atoms in total. The molecule has 0 unspecified atom stereocenters. The zero-order valence-corrected chi connectivity index (χ0v) is 20.0. The van der Waals surface area contributed by atoms with Gasteiger partial charge in [0, 0.05) is 37.2 Å². The summed E-state index contributed by atoms with van der Waals surface area (Å²) in [6.45, 7) is -3.54. The van der Waals surface area contributed by atoms with Gasteiger partial charge >= 0.3 is 6.61 Å². The fraction of sp³-hybridized carbons (Fsp3) is 0.280. The maximum Gasteiger partial charge on any atom is 0.388 e. The van der Waals surface area contributed by atoms with Crippen LogP contribution in [0.4, 0.5) is 22.0 Å². The third kappa shape index (κ3) is 6.31. The van der Waals surface area contributed by atoms with E-state index in [-0.39, 0.29) is 30.0 Å². The van der Waals surface area contributed by atoms with Gasteiger partial charge in [0.25, 0.3) is 0 Å². The number of pyridine rings is 1. The van der Waals surface area contributed by atoms with Crippen molar-refractivity contribution >= 4 is 15.8 Å². The first-order valence-electron chi connectivity index (χ1n) is 11.2. The summed E-state index contributed by atoms with van der Waals surface area (Å²) in [6.07, 6.45) is -0.767. The summed E-state index contributed by atoms with van der Waals surface area (Å²) in [7, 11) is -4.24. The van der Waals surface area contributed by atoms with Crippen molar-refractivity contribution in [2.24, 2.45) is 0 Å². The van der Waals surface area contributed by atoms with E-state index >= 15 is 0 Å². The van der Waals surface area contributed by atoms with Gasteiger partial charge in [-0.05, 0) is 60.0 Å². The molecule has 1 aromatic heterocycles. The molecule has 0 radical (unpaired) electrons. The van der Waals surface area contributed by atoms with Crippen LogP contribution in [0.1, 0.15) is 18.4 Å². The molecular formula is C25H21F5N2O4S. The SMILES string of the molecule is O=C(CCc1cc(F)cc(-c2ccc(OC(F)F)nc2)c1)[C@@H]1C[C@@H](F)CN1S(=O)(=O)c1ccc(F)cc1. The number of ketones is 1. The molecule has 4 rings (SSSR count). The lowest BCUT2D eigenvalue weighted by molar-refractivity contribution is -0.122. The number of hydrogen-bond acceptors (Lipinski definition) is 5. The maximum absolute atomic E-state index is 14.3. The van der Waals surface area contributed by atoms with Crippen molar-refractivity contribution in [1.29, 1.82) is 0 Å². The predicted octanol–water partition coefficient (Wildman–Crippen LogP) is 4.93. The summed E-state index contributed by atoms with van der Waals surface area (Å²) in [5.41, 5.74) is 1.21. The number of benzene rings is 2. The first-order valence-corrected chi connectivity index (χ1v) is 12.6. The number of aryl methyl sites for hydroxylation is 1. The van der Waals surface area contributed by atoms with Crippen LogP contribution in [-0.2, 0) is 21.2 Å². The summed E-state index contributed by atoms with van der Waals surface area (Å²) in [5, 5.41) is 0. The number of Topliss-reactive ketones (excluding diaryl/α,β-unsaturated/α-hetero) is 1. The molecule has 2 heterocycles. The molecule has 0 amide bonds. The largest absolute Gasteiger partial charge is 0.417 e. The first-order chi connectivity index (χ1) is 17.5. The van der Waals surface area contributed by atoms with Crippen LogP contribution in [0.3, 0.4) is 0 Å². The Kier molecular flexibility index (Phi) is 7.88. The van der Waals surface area contributed by atoms with E-state index in [1.165, 1.54) is 30.5 Å². The molecule has 37 heavy (non-hydrogen) atoms. The summed E-state index contributed by atoms with van der Waals surface area (Å²) < 4.78 is 97.3. The van der Waals surface area contributed by atoms with E-state index in [0.29, 0.717) is 16.7 Å². The lowest BCUT2D eigenvalue weighted by Gasteiger charge is -2.23. The molecule has 0 bridgehead atoms. The molecule has 12 heteroatoms. The number of rotatable bonds is 9. The minimum absolute atomic E-state index is 0.0431. The maximum atomic E-state index is 14.3. The van der Waals surface area contributed by atoms with Gasteiger partial charge in [-0.2, -0.15) is 13.1 Å². The van der Waals surface area contributed by atoms with Crippen molar-refractivity contribution < 1.29 is 39.9 Å². The third-order valence-electron chi connectivity index (χ3n) is 5.89. The predicted molar refractivity (Wildman–Crippen MR) is 123 cm³/mol. The second kappa shape index (κ2) is 10.9. The van der Waals surface area contributed by atoms with Crippen molar-refractivity contribution in [3.8, 4) is 17.0 Å². The van der Waals surface area contributed by atoms with E-state index in [2.05, 4.69) is 9.72 Å². The van der Waals surface area contributed by atoms with Crippen molar-refractivity contribution in [3.05, 3.63) is 78.0 Å². The number of hydrogen-bond donors (Lipinski definition) is 0. The monoisotopic (exact) mass is 540 g/mol. The lowest BCUT2D eigenvalue weighted by Crippen LogP contribution is -2.40. The highest BCUT2D eigenvalue weighted by molar-refractivity contribution is 7.89. The van der Waals surface area contributed by atoms with Gasteiger partial charge < -0.3 is 4.74 Å². The highest BCUT2D eigenvalue weighted by Gasteiger charge is 2.43. The number of sulfonamides is 1. The van der Waals surface area contributed by atoms with Crippen LogP contribution in [0.15, 0.2) is 65.7 Å². The normalized spacial score (nSPS) is 18.3. The smallest absolute Gasteiger partial charge is 0.388 e. The third-order valence-corrected chi connectivity index (χ3v) is 7.78. The fourth-order valence-electron chi connectivity index (χ4n) is 4.16. The quantitative estimate of drug-likeness (QED) is 0.360. The number of carbonyl (C=O) groups excluding carboxylic acids is 1. The standard InChI is InChI=1S/C25H21F5N2O4S/c26-18-3-5-21(6-4-18)37(34,35)32-14-20(28)12-22(32)23(33)7-1-15-9-17(11-19(27)10-15)16-2-8-24(31-13-16)36-25(29)30/h2-6,8-11,13,20,22,25H,1,7,12,14H2/t20-,22+/m1/s1. The van der Waals surface area contributed by atoms with E-state index in [4.69, 9.17) is 0 Å². The van der Waals surface area contributed by atoms with Crippen LogP contribution in [0.2, 0.25) is 0 Å². The zero-order valence-electron chi connectivity index (χ0n) is 19.2. The molecule has 1 aliphatic heterocycles. The van der Waals surface area contributed by atoms with Crippen molar-refractivity contribution in [2.75, 3.05) is 6.54 Å². The second-order valence-corrected chi connectivity index (χ2v) is 10.3. The van der Waals surface area contributed by atoms with E-state index in [1.54, 1.807) is 6.07 Å². The Morgan fingerprint density at radius 1 is 1.03 bits per heavy atom. The highest BCUT2D eigenvalue weighted by atomic mass is 32.2. The fourth-order valence-corrected chi connectivity index (χ4v) is 5.81. The topological polar surface area (TPSA) is 76.6 Å². The number of ether oxygens (including phenoxy) is 1. The van der Waals surface area contributed by atoms with Gasteiger partial charge in [-0.3, -0.25) is 4.79 Å². The van der Waals surface area contributed by atoms with Gasteiger partial charge in [0.05, 0.1) is 10.9 Å². The Balaban J connectivity index is 1.48. The average Bonchev–Trinajstić information content (AvgIpc) is 3.25. The Labute approximate surface area is 209 Å². The van der Waals surface area contributed by atoms with Crippen LogP contribution in [0.5, 0.6) is 5.88 Å². The van der Waals surface area contributed by atoms with Gasteiger partial charge in [0.15, 0.2) is 5.78 Å². The Morgan fingerprint density at radius 3 is 2.41 bits per heavy atom. The van der Waals surface area contributed by atoms with Crippen LogP contribution >= 0.6 is 0 Å². The van der Waals surface area contributed by atoms with Crippen LogP contribution in [0, 0.1) is 11.6 Å².